The Balaban J connectivity index is 1.89. The molecule has 0 fully saturated rings. The van der Waals surface area contributed by atoms with Crippen LogP contribution in [0.2, 0.25) is 0 Å². The van der Waals surface area contributed by atoms with Gasteiger partial charge in [0.2, 0.25) is 10.0 Å². The molecule has 30 heavy (non-hydrogen) atoms. The van der Waals surface area contributed by atoms with Gasteiger partial charge in [0, 0.05) is 24.9 Å². The van der Waals surface area contributed by atoms with E-state index in [1.165, 1.54) is 40.7 Å². The Labute approximate surface area is 175 Å². The number of sulfonamides is 1. The van der Waals surface area contributed by atoms with Crippen molar-refractivity contribution < 1.29 is 27.1 Å². The van der Waals surface area contributed by atoms with Gasteiger partial charge >= 0.3 is 5.97 Å². The summed E-state index contributed by atoms with van der Waals surface area (Å²) in [4.78, 5) is 23.7. The lowest BCUT2D eigenvalue weighted by Crippen LogP contribution is -2.30. The van der Waals surface area contributed by atoms with Crippen LogP contribution in [-0.4, -0.2) is 44.3 Å². The lowest BCUT2D eigenvalue weighted by atomic mass is 10.2. The first-order valence-electron chi connectivity index (χ1n) is 9.26. The van der Waals surface area contributed by atoms with Crippen molar-refractivity contribution in [2.45, 2.75) is 18.7 Å². The molecule has 0 radical (unpaired) electrons. The molecule has 0 bridgehead atoms. The molecule has 9 heteroatoms. The van der Waals surface area contributed by atoms with Gasteiger partial charge in [0.15, 0.2) is 6.61 Å². The Kier molecular flexibility index (Phi) is 8.25. The minimum absolute atomic E-state index is 0.167. The van der Waals surface area contributed by atoms with Gasteiger partial charge in [0.1, 0.15) is 5.82 Å². The second-order valence-corrected chi connectivity index (χ2v) is 8.10. The molecule has 0 spiro atoms. The van der Waals surface area contributed by atoms with Crippen molar-refractivity contribution in [3.63, 3.8) is 0 Å². The van der Waals surface area contributed by atoms with Crippen molar-refractivity contribution in [2.24, 2.45) is 0 Å². The summed E-state index contributed by atoms with van der Waals surface area (Å²) in [6, 6.07) is 11.4. The average Bonchev–Trinajstić information content (AvgIpc) is 2.72. The first kappa shape index (κ1) is 23.2. The number of nitrogens with zero attached hydrogens (tertiary/aromatic N) is 1. The molecule has 2 aromatic carbocycles. The highest BCUT2D eigenvalue weighted by Crippen LogP contribution is 2.16. The highest BCUT2D eigenvalue weighted by Gasteiger charge is 2.20. The van der Waals surface area contributed by atoms with Gasteiger partial charge in [-0.25, -0.2) is 17.6 Å². The van der Waals surface area contributed by atoms with Crippen LogP contribution in [0.15, 0.2) is 59.5 Å². The highest BCUT2D eigenvalue weighted by atomic mass is 32.2. The molecule has 0 aliphatic rings. The van der Waals surface area contributed by atoms with Crippen LogP contribution in [0.5, 0.6) is 0 Å². The molecule has 0 saturated carbocycles. The number of rotatable bonds is 9. The molecule has 0 atom stereocenters. The molecule has 0 aliphatic carbocycles. The first-order chi connectivity index (χ1) is 14.3. The molecule has 1 N–H and O–H groups in total. The summed E-state index contributed by atoms with van der Waals surface area (Å²) in [5, 5.41) is 2.41. The molecule has 0 aromatic heterocycles. The number of hydrogen-bond acceptors (Lipinski definition) is 5. The predicted molar refractivity (Wildman–Crippen MR) is 112 cm³/mol. The Hall–Kier alpha value is -3.04. The molecular formula is C21H23FN2O5S. The summed E-state index contributed by atoms with van der Waals surface area (Å²) in [5.41, 5.74) is 0.848. The minimum atomic E-state index is -3.55. The smallest absolute Gasteiger partial charge is 0.331 e. The van der Waals surface area contributed by atoms with Gasteiger partial charge in [0.25, 0.3) is 5.91 Å². The third kappa shape index (κ3) is 6.50. The monoisotopic (exact) mass is 434 g/mol. The Morgan fingerprint density at radius 3 is 2.37 bits per heavy atom. The molecule has 7 nitrogen and oxygen atoms in total. The predicted octanol–water partition coefficient (Wildman–Crippen LogP) is 3.05. The zero-order chi connectivity index (χ0) is 22.1. The topological polar surface area (TPSA) is 92.8 Å². The van der Waals surface area contributed by atoms with Gasteiger partial charge in [-0.15, -0.1) is 0 Å². The van der Waals surface area contributed by atoms with Crippen LogP contribution < -0.4 is 5.32 Å². The summed E-state index contributed by atoms with van der Waals surface area (Å²) < 4.78 is 44.2. The van der Waals surface area contributed by atoms with E-state index >= 15 is 0 Å². The number of esters is 1. The summed E-state index contributed by atoms with van der Waals surface area (Å²) in [5.74, 6) is -1.85. The Morgan fingerprint density at radius 1 is 1.10 bits per heavy atom. The standard InChI is InChI=1S/C21H23FN2O5S/c1-3-24(4-2)30(27,28)19-11-8-16(9-12-19)10-13-21(26)29-15-20(25)23-18-7-5-6-17(22)14-18/h5-14H,3-4,15H2,1-2H3,(H,23,25)/b13-10+. The van der Waals surface area contributed by atoms with Crippen LogP contribution >= 0.6 is 0 Å². The van der Waals surface area contributed by atoms with E-state index in [0.717, 1.165) is 12.1 Å². The third-order valence-electron chi connectivity index (χ3n) is 4.09. The number of hydrogen-bond donors (Lipinski definition) is 1. The number of carbonyl (C=O) groups excluding carboxylic acids is 2. The number of carbonyl (C=O) groups is 2. The van der Waals surface area contributed by atoms with E-state index in [2.05, 4.69) is 5.32 Å². The highest BCUT2D eigenvalue weighted by molar-refractivity contribution is 7.89. The number of halogens is 1. The molecule has 2 aromatic rings. The number of benzene rings is 2. The van der Waals surface area contributed by atoms with Crippen molar-refractivity contribution >= 4 is 33.7 Å². The second kappa shape index (κ2) is 10.7. The normalized spacial score (nSPS) is 11.6. The molecular weight excluding hydrogens is 411 g/mol. The van der Waals surface area contributed by atoms with E-state index in [0.29, 0.717) is 18.7 Å². The Morgan fingerprint density at radius 2 is 1.77 bits per heavy atom. The SMILES string of the molecule is CCN(CC)S(=O)(=O)c1ccc(/C=C/C(=O)OCC(=O)Nc2cccc(F)c2)cc1. The number of amides is 1. The van der Waals surface area contributed by atoms with Crippen LogP contribution in [0.25, 0.3) is 6.08 Å². The zero-order valence-electron chi connectivity index (χ0n) is 16.7. The summed E-state index contributed by atoms with van der Waals surface area (Å²) in [6.45, 7) is 3.75. The summed E-state index contributed by atoms with van der Waals surface area (Å²) in [6.07, 6.45) is 2.57. The van der Waals surface area contributed by atoms with Gasteiger partial charge < -0.3 is 10.1 Å². The van der Waals surface area contributed by atoms with Gasteiger partial charge in [0.05, 0.1) is 4.90 Å². The lowest BCUT2D eigenvalue weighted by molar-refractivity contribution is -0.142. The molecule has 0 aliphatic heterocycles. The molecule has 2 rings (SSSR count). The maximum Gasteiger partial charge on any atom is 0.331 e. The third-order valence-corrected chi connectivity index (χ3v) is 6.15. The average molecular weight is 434 g/mol. The first-order valence-corrected chi connectivity index (χ1v) is 10.7. The van der Waals surface area contributed by atoms with Gasteiger partial charge in [-0.05, 0) is 42.0 Å². The molecule has 1 amide bonds. The second-order valence-electron chi connectivity index (χ2n) is 6.16. The van der Waals surface area contributed by atoms with E-state index in [1.807, 2.05) is 0 Å². The van der Waals surface area contributed by atoms with Crippen molar-refractivity contribution in [1.82, 2.24) is 4.31 Å². The number of ether oxygens (including phenoxy) is 1. The molecule has 0 saturated heterocycles. The molecule has 0 heterocycles. The maximum absolute atomic E-state index is 13.1. The van der Waals surface area contributed by atoms with Gasteiger partial charge in [-0.1, -0.05) is 32.0 Å². The van der Waals surface area contributed by atoms with Crippen LogP contribution in [0.4, 0.5) is 10.1 Å². The van der Waals surface area contributed by atoms with E-state index in [4.69, 9.17) is 4.74 Å². The number of anilines is 1. The van der Waals surface area contributed by atoms with Gasteiger partial charge in [-0.3, -0.25) is 4.79 Å². The fourth-order valence-corrected chi connectivity index (χ4v) is 4.03. The zero-order valence-corrected chi connectivity index (χ0v) is 17.5. The fraction of sp³-hybridized carbons (Fsp3) is 0.238. The van der Waals surface area contributed by atoms with Crippen molar-refractivity contribution in [3.05, 3.63) is 66.0 Å². The number of nitrogens with one attached hydrogen (secondary N) is 1. The largest absolute Gasteiger partial charge is 0.452 e. The van der Waals surface area contributed by atoms with E-state index in [-0.39, 0.29) is 10.6 Å². The minimum Gasteiger partial charge on any atom is -0.452 e. The van der Waals surface area contributed by atoms with Crippen LogP contribution in [0.3, 0.4) is 0 Å². The van der Waals surface area contributed by atoms with Crippen LogP contribution in [-0.2, 0) is 24.3 Å². The van der Waals surface area contributed by atoms with Crippen LogP contribution in [0.1, 0.15) is 19.4 Å². The van der Waals surface area contributed by atoms with Gasteiger partial charge in [-0.2, -0.15) is 4.31 Å². The van der Waals surface area contributed by atoms with Crippen molar-refractivity contribution in [1.29, 1.82) is 0 Å². The van der Waals surface area contributed by atoms with Crippen LogP contribution in [0, 0.1) is 5.82 Å². The lowest BCUT2D eigenvalue weighted by Gasteiger charge is -2.18. The maximum atomic E-state index is 13.1. The fourth-order valence-electron chi connectivity index (χ4n) is 2.58. The van der Waals surface area contributed by atoms with Crippen molar-refractivity contribution in [3.8, 4) is 0 Å². The Bertz CT molecular complexity index is 1020. The summed E-state index contributed by atoms with van der Waals surface area (Å²) >= 11 is 0. The summed E-state index contributed by atoms with van der Waals surface area (Å²) in [7, 11) is -3.55. The molecule has 160 valence electrons. The van der Waals surface area contributed by atoms with Crippen molar-refractivity contribution in [2.75, 3.05) is 25.0 Å². The van der Waals surface area contributed by atoms with E-state index in [1.54, 1.807) is 26.0 Å². The quantitative estimate of drug-likeness (QED) is 0.484. The molecule has 0 unspecified atom stereocenters. The van der Waals surface area contributed by atoms with E-state index in [9.17, 15) is 22.4 Å². The van der Waals surface area contributed by atoms with E-state index < -0.39 is 34.3 Å².